The molecule has 1 saturated heterocycles. The molecular weight excluding hydrogens is 398 g/mol. The molecule has 1 fully saturated rings. The second-order valence-corrected chi connectivity index (χ2v) is 7.47. The van der Waals surface area contributed by atoms with Crippen LogP contribution < -0.4 is 15.2 Å². The van der Waals surface area contributed by atoms with Gasteiger partial charge in [-0.05, 0) is 32.6 Å². The number of hydrogen-bond donors (Lipinski definition) is 3. The molecule has 0 amide bonds. The molecular formula is C20H24ClN3O5. The molecule has 3 heterocycles. The number of rotatable bonds is 3. The van der Waals surface area contributed by atoms with Gasteiger partial charge in [-0.15, -0.1) is 12.4 Å². The summed E-state index contributed by atoms with van der Waals surface area (Å²) in [5, 5.41) is 19.6. The Hall–Kier alpha value is -2.71. The van der Waals surface area contributed by atoms with E-state index in [4.69, 9.17) is 4.74 Å². The van der Waals surface area contributed by atoms with E-state index in [-0.39, 0.29) is 19.0 Å². The van der Waals surface area contributed by atoms with Crippen LogP contribution >= 0.6 is 12.4 Å². The third-order valence-corrected chi connectivity index (χ3v) is 5.61. The van der Waals surface area contributed by atoms with Crippen molar-refractivity contribution in [2.24, 2.45) is 0 Å². The summed E-state index contributed by atoms with van der Waals surface area (Å²) in [4.78, 5) is 30.7. The van der Waals surface area contributed by atoms with Crippen molar-refractivity contribution in [2.45, 2.75) is 18.9 Å². The minimum absolute atomic E-state index is 0. The normalized spacial score (nSPS) is 17.8. The Morgan fingerprint density at radius 2 is 2.10 bits per heavy atom. The molecule has 2 aliphatic heterocycles. The number of halogens is 1. The van der Waals surface area contributed by atoms with Crippen LogP contribution in [0.3, 0.4) is 0 Å². The average molecular weight is 422 g/mol. The van der Waals surface area contributed by atoms with Gasteiger partial charge in [0.15, 0.2) is 5.56 Å². The fraction of sp³-hybridized carbons (Fsp3) is 0.400. The van der Waals surface area contributed by atoms with Crippen LogP contribution in [-0.4, -0.2) is 65.9 Å². The molecule has 2 aromatic rings. The zero-order valence-corrected chi connectivity index (χ0v) is 17.1. The van der Waals surface area contributed by atoms with Gasteiger partial charge in [-0.2, -0.15) is 0 Å². The second-order valence-electron chi connectivity index (χ2n) is 7.47. The van der Waals surface area contributed by atoms with E-state index in [1.54, 1.807) is 0 Å². The first-order valence-electron chi connectivity index (χ1n) is 9.27. The molecule has 0 radical (unpaired) electrons. The molecule has 0 spiro atoms. The van der Waals surface area contributed by atoms with Crippen molar-refractivity contribution in [2.75, 3.05) is 38.7 Å². The summed E-state index contributed by atoms with van der Waals surface area (Å²) in [7, 11) is 4.17. The minimum atomic E-state index is -1.45. The number of carbonyl (C=O) groups is 1. The first-order chi connectivity index (χ1) is 13.4. The molecule has 1 aromatic heterocycles. The first kappa shape index (κ1) is 21.0. The molecule has 1 aromatic carbocycles. The van der Waals surface area contributed by atoms with E-state index in [1.165, 1.54) is 0 Å². The fourth-order valence-electron chi connectivity index (χ4n) is 3.99. The number of pyridine rings is 1. The van der Waals surface area contributed by atoms with Crippen molar-refractivity contribution in [3.63, 3.8) is 0 Å². The van der Waals surface area contributed by atoms with Gasteiger partial charge in [0.2, 0.25) is 0 Å². The summed E-state index contributed by atoms with van der Waals surface area (Å²) < 4.78 is 5.88. The Bertz CT molecular complexity index is 1000. The monoisotopic (exact) mass is 421 g/mol. The van der Waals surface area contributed by atoms with Crippen LogP contribution in [0.1, 0.15) is 22.3 Å². The van der Waals surface area contributed by atoms with Gasteiger partial charge in [-0.25, -0.2) is 4.79 Å². The molecule has 4 rings (SSSR count). The van der Waals surface area contributed by atoms with Crippen molar-refractivity contribution in [3.05, 3.63) is 39.7 Å². The van der Waals surface area contributed by atoms with E-state index in [0.717, 1.165) is 25.2 Å². The van der Waals surface area contributed by atoms with Crippen LogP contribution in [0.5, 0.6) is 11.5 Å². The van der Waals surface area contributed by atoms with Crippen molar-refractivity contribution in [3.8, 4) is 22.8 Å². The quantitative estimate of drug-likeness (QED) is 0.695. The molecule has 8 nitrogen and oxygen atoms in total. The highest BCUT2D eigenvalue weighted by atomic mass is 35.5. The van der Waals surface area contributed by atoms with Gasteiger partial charge in [0.25, 0.3) is 5.56 Å². The van der Waals surface area contributed by atoms with E-state index in [2.05, 4.69) is 28.9 Å². The van der Waals surface area contributed by atoms with Crippen LogP contribution in [0, 0.1) is 0 Å². The summed E-state index contributed by atoms with van der Waals surface area (Å²) in [5.74, 6) is -1.32. The van der Waals surface area contributed by atoms with Crippen molar-refractivity contribution in [1.82, 2.24) is 9.88 Å². The highest BCUT2D eigenvalue weighted by Crippen LogP contribution is 2.40. The number of carboxylic acid groups (broad SMARTS) is 1. The van der Waals surface area contributed by atoms with E-state index in [1.807, 2.05) is 18.2 Å². The third-order valence-electron chi connectivity index (χ3n) is 5.61. The Labute approximate surface area is 174 Å². The standard InChI is InChI=1S/C20H23N3O5.ClH/c1-22(2)12-5-7-23(10-12)11-3-4-13-15(9-11)28-8-6-14-17(13)21-19(25)16(18(14)24)20(26)27;/h3-4,9,12H,5-8,10H2,1-2H3,(H,26,27)(H2,21,24,25);1H. The highest BCUT2D eigenvalue weighted by molar-refractivity contribution is 5.92. The zero-order chi connectivity index (χ0) is 20.0. The lowest BCUT2D eigenvalue weighted by Crippen LogP contribution is -2.31. The molecule has 1 unspecified atom stereocenters. The van der Waals surface area contributed by atoms with Crippen LogP contribution in [-0.2, 0) is 6.42 Å². The van der Waals surface area contributed by atoms with Crippen molar-refractivity contribution >= 4 is 24.1 Å². The van der Waals surface area contributed by atoms with Gasteiger partial charge in [0.05, 0.1) is 12.3 Å². The van der Waals surface area contributed by atoms with E-state index in [9.17, 15) is 19.8 Å². The molecule has 0 aliphatic carbocycles. The molecule has 0 bridgehead atoms. The Morgan fingerprint density at radius 1 is 1.34 bits per heavy atom. The van der Waals surface area contributed by atoms with E-state index >= 15 is 0 Å². The number of aromatic amines is 1. The molecule has 29 heavy (non-hydrogen) atoms. The van der Waals surface area contributed by atoms with Gasteiger partial charge >= 0.3 is 5.97 Å². The lowest BCUT2D eigenvalue weighted by molar-refractivity contribution is 0.0691. The number of likely N-dealkylation sites (N-methyl/N-ethyl adjacent to an activating group) is 1. The maximum absolute atomic E-state index is 12.2. The van der Waals surface area contributed by atoms with Crippen molar-refractivity contribution < 1.29 is 19.7 Å². The highest BCUT2D eigenvalue weighted by Gasteiger charge is 2.28. The molecule has 156 valence electrons. The maximum Gasteiger partial charge on any atom is 0.345 e. The molecule has 9 heteroatoms. The summed E-state index contributed by atoms with van der Waals surface area (Å²) in [6.07, 6.45) is 1.39. The van der Waals surface area contributed by atoms with Crippen LogP contribution in [0.2, 0.25) is 0 Å². The number of aromatic nitrogens is 1. The van der Waals surface area contributed by atoms with Crippen LogP contribution in [0.15, 0.2) is 23.0 Å². The third kappa shape index (κ3) is 3.65. The Kier molecular flexibility index (Phi) is 5.77. The smallest absolute Gasteiger partial charge is 0.345 e. The number of ether oxygens (including phenoxy) is 1. The number of anilines is 1. The van der Waals surface area contributed by atoms with Gasteiger partial charge < -0.3 is 29.7 Å². The van der Waals surface area contributed by atoms with E-state index < -0.39 is 22.8 Å². The molecule has 3 N–H and O–H groups in total. The van der Waals surface area contributed by atoms with E-state index in [0.29, 0.717) is 35.0 Å². The predicted octanol–water partition coefficient (Wildman–Crippen LogP) is 1.94. The number of benzene rings is 1. The number of H-pyrrole nitrogens is 1. The topological polar surface area (TPSA) is 106 Å². The minimum Gasteiger partial charge on any atom is -0.506 e. The summed E-state index contributed by atoms with van der Waals surface area (Å²) in [6.45, 7) is 2.17. The van der Waals surface area contributed by atoms with Gasteiger partial charge in [0.1, 0.15) is 11.5 Å². The van der Waals surface area contributed by atoms with Crippen LogP contribution in [0.25, 0.3) is 11.3 Å². The number of hydrogen-bond acceptors (Lipinski definition) is 6. The molecule has 0 saturated carbocycles. The summed E-state index contributed by atoms with van der Waals surface area (Å²) in [5.41, 5.74) is 1.03. The lowest BCUT2D eigenvalue weighted by atomic mass is 10.00. The Balaban J connectivity index is 0.00000240. The van der Waals surface area contributed by atoms with Gasteiger partial charge in [-0.3, -0.25) is 4.79 Å². The second kappa shape index (κ2) is 7.96. The number of nitrogens with zero attached hydrogens (tertiary/aromatic N) is 2. The number of fused-ring (bicyclic) bond motifs is 3. The van der Waals surface area contributed by atoms with Gasteiger partial charge in [0, 0.05) is 48.4 Å². The fourth-order valence-corrected chi connectivity index (χ4v) is 3.99. The number of carboxylic acids is 1. The number of nitrogens with one attached hydrogen (secondary N) is 1. The summed E-state index contributed by atoms with van der Waals surface area (Å²) in [6, 6.07) is 6.27. The molecule has 1 atom stereocenters. The maximum atomic E-state index is 12.2. The summed E-state index contributed by atoms with van der Waals surface area (Å²) >= 11 is 0. The predicted molar refractivity (Wildman–Crippen MR) is 112 cm³/mol. The first-order valence-corrected chi connectivity index (χ1v) is 9.27. The van der Waals surface area contributed by atoms with Crippen molar-refractivity contribution in [1.29, 1.82) is 0 Å². The number of aromatic hydroxyl groups is 1. The number of aromatic carboxylic acids is 1. The largest absolute Gasteiger partial charge is 0.506 e. The lowest BCUT2D eigenvalue weighted by Gasteiger charge is -2.22. The van der Waals surface area contributed by atoms with Gasteiger partial charge in [-0.1, -0.05) is 0 Å². The average Bonchev–Trinajstić information content (AvgIpc) is 3.06. The molecule has 2 aliphatic rings. The Morgan fingerprint density at radius 3 is 2.76 bits per heavy atom. The zero-order valence-electron chi connectivity index (χ0n) is 16.3. The SMILES string of the molecule is CN(C)C1CCN(c2ccc3c(c2)OCCc2c-3[nH]c(=O)c(C(=O)O)c2O)C1.Cl. The van der Waals surface area contributed by atoms with Crippen LogP contribution in [0.4, 0.5) is 5.69 Å².